The predicted octanol–water partition coefficient (Wildman–Crippen LogP) is 5.40. The van der Waals surface area contributed by atoms with Crippen LogP contribution in [0.25, 0.3) is 11.3 Å². The van der Waals surface area contributed by atoms with E-state index in [1.54, 1.807) is 24.5 Å². The molecule has 0 fully saturated rings. The molecule has 0 aliphatic heterocycles. The average Bonchev–Trinajstić information content (AvgIpc) is 2.89. The van der Waals surface area contributed by atoms with Crippen LogP contribution in [-0.2, 0) is 19.5 Å². The van der Waals surface area contributed by atoms with Gasteiger partial charge in [-0.3, -0.25) is 9.78 Å². The highest BCUT2D eigenvalue weighted by molar-refractivity contribution is 5.99. The molecule has 176 valence electrons. The highest BCUT2D eigenvalue weighted by Gasteiger charge is 2.18. The number of carbonyl (C=O) groups is 1. The fraction of sp³-hybridized carbons (Fsp3) is 0.148. The number of hydrogen-bond acceptors (Lipinski definition) is 6. The lowest BCUT2D eigenvalue weighted by Gasteiger charge is -2.16. The molecule has 2 aromatic carbocycles. The third kappa shape index (κ3) is 6.32. The number of hydrogen-bond donors (Lipinski definition) is 3. The standard InChI is InChI=1S/C27H25FN6O/c28-23-10-4-6-19(14-23)11-13-31-26-24(27(35)32-17-20-7-5-12-30-16-20)15-22(18-33-29)25(34-26)21-8-2-1-3-9-21/h1-10,12,14-16,29H,11,13,17-18H2,(H,31,34)(H,32,35). The van der Waals surface area contributed by atoms with Crippen LogP contribution in [0.15, 0.2) is 90.3 Å². The van der Waals surface area contributed by atoms with Crippen molar-refractivity contribution in [2.45, 2.75) is 19.5 Å². The van der Waals surface area contributed by atoms with E-state index >= 15 is 0 Å². The van der Waals surface area contributed by atoms with Crippen molar-refractivity contribution < 1.29 is 9.18 Å². The highest BCUT2D eigenvalue weighted by atomic mass is 19.1. The number of halogens is 1. The molecule has 0 radical (unpaired) electrons. The Balaban J connectivity index is 1.64. The van der Waals surface area contributed by atoms with Crippen LogP contribution in [0.3, 0.4) is 0 Å². The molecule has 8 heteroatoms. The lowest BCUT2D eigenvalue weighted by Crippen LogP contribution is -2.25. The normalized spacial score (nSPS) is 10.5. The minimum atomic E-state index is -0.305. The molecule has 4 aromatic rings. The van der Waals surface area contributed by atoms with Gasteiger partial charge in [0.1, 0.15) is 11.6 Å². The smallest absolute Gasteiger partial charge is 0.255 e. The summed E-state index contributed by atoms with van der Waals surface area (Å²) in [5.74, 6) is -0.177. The quantitative estimate of drug-likeness (QED) is 0.271. The van der Waals surface area contributed by atoms with Gasteiger partial charge in [0, 0.05) is 36.6 Å². The van der Waals surface area contributed by atoms with Crippen molar-refractivity contribution in [2.24, 2.45) is 5.11 Å². The van der Waals surface area contributed by atoms with Gasteiger partial charge < -0.3 is 10.6 Å². The Hall–Kier alpha value is -4.46. The molecule has 2 aromatic heterocycles. The lowest BCUT2D eigenvalue weighted by atomic mass is 10.0. The van der Waals surface area contributed by atoms with Crippen LogP contribution in [0, 0.1) is 11.3 Å². The molecule has 7 nitrogen and oxygen atoms in total. The number of nitrogens with zero attached hydrogens (tertiary/aromatic N) is 3. The van der Waals surface area contributed by atoms with Gasteiger partial charge >= 0.3 is 0 Å². The number of nitrogens with one attached hydrogen (secondary N) is 3. The van der Waals surface area contributed by atoms with Crippen LogP contribution in [0.1, 0.15) is 27.0 Å². The van der Waals surface area contributed by atoms with Crippen LogP contribution in [0.4, 0.5) is 10.2 Å². The van der Waals surface area contributed by atoms with Crippen molar-refractivity contribution in [3.63, 3.8) is 0 Å². The van der Waals surface area contributed by atoms with E-state index in [2.05, 4.69) is 20.7 Å². The number of carbonyl (C=O) groups excluding carboxylic acids is 1. The maximum Gasteiger partial charge on any atom is 0.255 e. The van der Waals surface area contributed by atoms with Gasteiger partial charge in [-0.25, -0.2) is 14.9 Å². The SMILES string of the molecule is N=NCc1cc(C(=O)NCc2cccnc2)c(NCCc2cccc(F)c2)nc1-c1ccccc1. The molecule has 0 bridgehead atoms. The van der Waals surface area contributed by atoms with Gasteiger partial charge in [-0.05, 0) is 41.8 Å². The Bertz CT molecular complexity index is 1300. The molecule has 0 saturated carbocycles. The van der Waals surface area contributed by atoms with E-state index in [9.17, 15) is 9.18 Å². The number of aromatic nitrogens is 2. The fourth-order valence-electron chi connectivity index (χ4n) is 3.71. The zero-order valence-corrected chi connectivity index (χ0v) is 19.0. The number of anilines is 1. The van der Waals surface area contributed by atoms with Gasteiger partial charge in [0.15, 0.2) is 0 Å². The van der Waals surface area contributed by atoms with Gasteiger partial charge in [0.25, 0.3) is 5.91 Å². The summed E-state index contributed by atoms with van der Waals surface area (Å²) < 4.78 is 13.6. The van der Waals surface area contributed by atoms with Crippen molar-refractivity contribution in [1.82, 2.24) is 15.3 Å². The van der Waals surface area contributed by atoms with Crippen molar-refractivity contribution in [3.8, 4) is 11.3 Å². The van der Waals surface area contributed by atoms with Crippen molar-refractivity contribution in [2.75, 3.05) is 11.9 Å². The maximum atomic E-state index is 13.6. The van der Waals surface area contributed by atoms with E-state index in [0.717, 1.165) is 16.7 Å². The predicted molar refractivity (Wildman–Crippen MR) is 133 cm³/mol. The molecule has 0 spiro atoms. The summed E-state index contributed by atoms with van der Waals surface area (Å²) in [5, 5.41) is 9.71. The van der Waals surface area contributed by atoms with Crippen LogP contribution < -0.4 is 10.6 Å². The summed E-state index contributed by atoms with van der Waals surface area (Å²) >= 11 is 0. The molecular formula is C27H25FN6O. The van der Waals surface area contributed by atoms with Gasteiger partial charge in [-0.2, -0.15) is 5.11 Å². The number of rotatable bonds is 10. The third-order valence-corrected chi connectivity index (χ3v) is 5.41. The first kappa shape index (κ1) is 23.7. The summed E-state index contributed by atoms with van der Waals surface area (Å²) in [6.45, 7) is 0.868. The maximum absolute atomic E-state index is 13.6. The summed E-state index contributed by atoms with van der Waals surface area (Å²) in [5.41, 5.74) is 11.6. The van der Waals surface area contributed by atoms with Crippen LogP contribution >= 0.6 is 0 Å². The topological polar surface area (TPSA) is 103 Å². The molecule has 0 unspecified atom stereocenters. The van der Waals surface area contributed by atoms with E-state index < -0.39 is 0 Å². The lowest BCUT2D eigenvalue weighted by molar-refractivity contribution is 0.0951. The largest absolute Gasteiger partial charge is 0.369 e. The molecular weight excluding hydrogens is 443 g/mol. The Morgan fingerprint density at radius 2 is 1.83 bits per heavy atom. The molecule has 0 saturated heterocycles. The first-order chi connectivity index (χ1) is 17.1. The molecule has 35 heavy (non-hydrogen) atoms. The van der Waals surface area contributed by atoms with Crippen molar-refractivity contribution in [3.05, 3.63) is 113 Å². The zero-order chi connectivity index (χ0) is 24.5. The van der Waals surface area contributed by atoms with Gasteiger partial charge in [0.05, 0.1) is 17.8 Å². The third-order valence-electron chi connectivity index (χ3n) is 5.41. The Morgan fingerprint density at radius 3 is 2.57 bits per heavy atom. The van der Waals surface area contributed by atoms with E-state index in [-0.39, 0.29) is 18.3 Å². The van der Waals surface area contributed by atoms with Gasteiger partial charge in [-0.15, -0.1) is 0 Å². The molecule has 0 atom stereocenters. The van der Waals surface area contributed by atoms with Crippen molar-refractivity contribution >= 4 is 11.7 Å². The monoisotopic (exact) mass is 468 g/mol. The molecule has 3 N–H and O–H groups in total. The average molecular weight is 469 g/mol. The first-order valence-electron chi connectivity index (χ1n) is 11.2. The Kier molecular flexibility index (Phi) is 7.85. The van der Waals surface area contributed by atoms with Gasteiger partial charge in [-0.1, -0.05) is 48.5 Å². The molecule has 0 aliphatic carbocycles. The fourth-order valence-corrected chi connectivity index (χ4v) is 3.71. The van der Waals surface area contributed by atoms with Crippen molar-refractivity contribution in [1.29, 1.82) is 5.53 Å². The van der Waals surface area contributed by atoms with Crippen LogP contribution in [0.2, 0.25) is 0 Å². The van der Waals surface area contributed by atoms with Crippen LogP contribution in [-0.4, -0.2) is 22.4 Å². The molecule has 4 rings (SSSR count). The van der Waals surface area contributed by atoms with Crippen LogP contribution in [0.5, 0.6) is 0 Å². The summed E-state index contributed by atoms with van der Waals surface area (Å²) in [6.07, 6.45) is 3.93. The molecule has 1 amide bonds. The van der Waals surface area contributed by atoms with Gasteiger partial charge in [0.2, 0.25) is 0 Å². The Morgan fingerprint density at radius 1 is 1.00 bits per heavy atom. The molecule has 0 aliphatic rings. The first-order valence-corrected chi connectivity index (χ1v) is 11.2. The van der Waals surface area contributed by atoms with E-state index in [1.165, 1.54) is 12.1 Å². The zero-order valence-electron chi connectivity index (χ0n) is 19.0. The number of benzene rings is 2. The van der Waals surface area contributed by atoms with E-state index in [0.29, 0.717) is 42.1 Å². The van der Waals surface area contributed by atoms with E-state index in [1.807, 2.05) is 48.5 Å². The Labute approximate surface area is 203 Å². The van der Waals surface area contributed by atoms with E-state index in [4.69, 9.17) is 10.5 Å². The second-order valence-electron chi connectivity index (χ2n) is 7.93. The summed E-state index contributed by atoms with van der Waals surface area (Å²) in [6, 6.07) is 21.4. The summed E-state index contributed by atoms with van der Waals surface area (Å²) in [4.78, 5) is 22.0. The second kappa shape index (κ2) is 11.6. The highest BCUT2D eigenvalue weighted by Crippen LogP contribution is 2.27. The summed E-state index contributed by atoms with van der Waals surface area (Å²) in [7, 11) is 0. The number of amides is 1. The number of pyridine rings is 2. The second-order valence-corrected chi connectivity index (χ2v) is 7.93. The minimum Gasteiger partial charge on any atom is -0.369 e. The minimum absolute atomic E-state index is 0.101. The molecule has 2 heterocycles.